The fourth-order valence-electron chi connectivity index (χ4n) is 3.35. The first kappa shape index (κ1) is 19.2. The van der Waals surface area contributed by atoms with Gasteiger partial charge in [-0.1, -0.05) is 19.1 Å². The van der Waals surface area contributed by atoms with E-state index in [1.807, 2.05) is 45.9 Å². The molecule has 0 bridgehead atoms. The summed E-state index contributed by atoms with van der Waals surface area (Å²) in [6, 6.07) is 11.6. The Kier molecular flexibility index (Phi) is 5.40. The molecule has 2 unspecified atom stereocenters. The van der Waals surface area contributed by atoms with E-state index in [9.17, 15) is 9.18 Å². The number of halogens is 1. The Morgan fingerprint density at radius 1 is 1.30 bits per heavy atom. The van der Waals surface area contributed by atoms with Crippen molar-refractivity contribution in [2.75, 3.05) is 0 Å². The van der Waals surface area contributed by atoms with E-state index in [1.54, 1.807) is 0 Å². The molecule has 4 nitrogen and oxygen atoms in total. The van der Waals surface area contributed by atoms with Crippen molar-refractivity contribution in [3.8, 4) is 11.5 Å². The maximum Gasteiger partial charge on any atom is 0.261 e. The molecule has 0 spiro atoms. The van der Waals surface area contributed by atoms with Crippen molar-refractivity contribution in [3.05, 3.63) is 59.4 Å². The van der Waals surface area contributed by atoms with Crippen LogP contribution in [0.1, 0.15) is 50.8 Å². The molecule has 1 amide bonds. The molecule has 3 rings (SSSR count). The van der Waals surface area contributed by atoms with Crippen LogP contribution in [0.5, 0.6) is 11.5 Å². The van der Waals surface area contributed by atoms with Gasteiger partial charge in [-0.3, -0.25) is 4.79 Å². The van der Waals surface area contributed by atoms with Gasteiger partial charge >= 0.3 is 0 Å². The average molecular weight is 371 g/mol. The molecule has 1 aliphatic heterocycles. The van der Waals surface area contributed by atoms with Gasteiger partial charge in [0.2, 0.25) is 0 Å². The lowest BCUT2D eigenvalue weighted by Crippen LogP contribution is -2.45. The number of carbonyl (C=O) groups excluding carboxylic acids is 1. The summed E-state index contributed by atoms with van der Waals surface area (Å²) in [6.07, 6.45) is 0.536. The number of ether oxygens (including phenoxy) is 2. The van der Waals surface area contributed by atoms with E-state index in [4.69, 9.17) is 9.47 Å². The van der Waals surface area contributed by atoms with Crippen LogP contribution in [0.3, 0.4) is 0 Å². The number of benzene rings is 2. The van der Waals surface area contributed by atoms with Crippen molar-refractivity contribution >= 4 is 5.91 Å². The summed E-state index contributed by atoms with van der Waals surface area (Å²) in [6.45, 7) is 7.94. The Labute approximate surface area is 159 Å². The fraction of sp³-hybridized carbons (Fsp3) is 0.409. The van der Waals surface area contributed by atoms with Gasteiger partial charge < -0.3 is 14.8 Å². The molecule has 1 heterocycles. The summed E-state index contributed by atoms with van der Waals surface area (Å²) in [5.74, 6) is 0.762. The first-order valence-electron chi connectivity index (χ1n) is 9.29. The van der Waals surface area contributed by atoms with Crippen LogP contribution >= 0.6 is 0 Å². The van der Waals surface area contributed by atoms with Crippen molar-refractivity contribution < 1.29 is 18.7 Å². The number of rotatable bonds is 5. The third-order valence-corrected chi connectivity index (χ3v) is 4.70. The van der Waals surface area contributed by atoms with Crippen LogP contribution in [-0.4, -0.2) is 17.6 Å². The Morgan fingerprint density at radius 3 is 2.67 bits per heavy atom. The minimum Gasteiger partial charge on any atom is -0.487 e. The van der Waals surface area contributed by atoms with Crippen LogP contribution in [0.15, 0.2) is 42.5 Å². The lowest BCUT2D eigenvalue weighted by molar-refractivity contribution is -0.129. The largest absolute Gasteiger partial charge is 0.487 e. The highest BCUT2D eigenvalue weighted by Gasteiger charge is 2.35. The van der Waals surface area contributed by atoms with E-state index in [0.29, 0.717) is 18.6 Å². The van der Waals surface area contributed by atoms with E-state index in [-0.39, 0.29) is 23.4 Å². The zero-order valence-electron chi connectivity index (χ0n) is 16.2. The lowest BCUT2D eigenvalue weighted by atomic mass is 9.89. The van der Waals surface area contributed by atoms with Gasteiger partial charge in [-0.15, -0.1) is 0 Å². The first-order chi connectivity index (χ1) is 12.8. The van der Waals surface area contributed by atoms with Gasteiger partial charge in [0.05, 0.1) is 6.04 Å². The molecular formula is C22H26FNO3. The van der Waals surface area contributed by atoms with Crippen molar-refractivity contribution in [2.24, 2.45) is 0 Å². The van der Waals surface area contributed by atoms with E-state index in [0.717, 1.165) is 16.9 Å². The fourth-order valence-corrected chi connectivity index (χ4v) is 3.35. The van der Waals surface area contributed by atoms with E-state index >= 15 is 0 Å². The van der Waals surface area contributed by atoms with Crippen LogP contribution in [0.4, 0.5) is 4.39 Å². The quantitative estimate of drug-likeness (QED) is 0.828. The van der Waals surface area contributed by atoms with E-state index in [1.165, 1.54) is 24.3 Å². The molecule has 0 radical (unpaired) electrons. The van der Waals surface area contributed by atoms with E-state index in [2.05, 4.69) is 5.32 Å². The predicted molar refractivity (Wildman–Crippen MR) is 102 cm³/mol. The molecule has 0 aliphatic carbocycles. The van der Waals surface area contributed by atoms with Gasteiger partial charge in [0, 0.05) is 12.0 Å². The minimum absolute atomic E-state index is 0.150. The molecule has 5 heteroatoms. The molecule has 2 aromatic rings. The van der Waals surface area contributed by atoms with Gasteiger partial charge in [0.1, 0.15) is 22.9 Å². The summed E-state index contributed by atoms with van der Waals surface area (Å²) in [5, 5.41) is 3.11. The van der Waals surface area contributed by atoms with Crippen molar-refractivity contribution in [3.63, 3.8) is 0 Å². The maximum absolute atomic E-state index is 13.1. The van der Waals surface area contributed by atoms with Crippen molar-refractivity contribution in [2.45, 2.75) is 58.3 Å². The number of fused-ring (bicyclic) bond motifs is 1. The molecule has 0 fully saturated rings. The minimum atomic E-state index is -0.643. The maximum atomic E-state index is 13.1. The predicted octanol–water partition coefficient (Wildman–Crippen LogP) is 4.71. The second-order valence-corrected chi connectivity index (χ2v) is 7.64. The van der Waals surface area contributed by atoms with E-state index < -0.39 is 6.10 Å². The van der Waals surface area contributed by atoms with Gasteiger partial charge in [-0.05, 0) is 63.1 Å². The molecule has 0 saturated carbocycles. The smallest absolute Gasteiger partial charge is 0.261 e. The first-order valence-corrected chi connectivity index (χ1v) is 9.29. The summed E-state index contributed by atoms with van der Waals surface area (Å²) in [5.41, 5.74) is 1.71. The molecule has 1 aliphatic rings. The molecule has 0 aromatic heterocycles. The SMILES string of the molecule is CCC(Oc1ccc(F)cc1)C(=O)NC1CC(C)(C)Oc2cc(C)ccc21. The van der Waals surface area contributed by atoms with Crippen LogP contribution in [0.25, 0.3) is 0 Å². The summed E-state index contributed by atoms with van der Waals surface area (Å²) >= 11 is 0. The highest BCUT2D eigenvalue weighted by atomic mass is 19.1. The van der Waals surface area contributed by atoms with Crippen LogP contribution in [0.2, 0.25) is 0 Å². The van der Waals surface area contributed by atoms with Crippen LogP contribution in [0, 0.1) is 12.7 Å². The molecule has 27 heavy (non-hydrogen) atoms. The highest BCUT2D eigenvalue weighted by Crippen LogP contribution is 2.40. The molecule has 1 N–H and O–H groups in total. The normalized spacial score (nSPS) is 18.8. The van der Waals surface area contributed by atoms with Crippen LogP contribution in [-0.2, 0) is 4.79 Å². The molecule has 0 saturated heterocycles. The number of hydrogen-bond acceptors (Lipinski definition) is 3. The van der Waals surface area contributed by atoms with Gasteiger partial charge in [0.15, 0.2) is 6.10 Å². The van der Waals surface area contributed by atoms with Gasteiger partial charge in [0.25, 0.3) is 5.91 Å². The van der Waals surface area contributed by atoms with Crippen LogP contribution < -0.4 is 14.8 Å². The number of carbonyl (C=O) groups is 1. The number of aryl methyl sites for hydroxylation is 1. The Balaban J connectivity index is 1.76. The second-order valence-electron chi connectivity index (χ2n) is 7.64. The van der Waals surface area contributed by atoms with Gasteiger partial charge in [-0.2, -0.15) is 0 Å². The van der Waals surface area contributed by atoms with Crippen molar-refractivity contribution in [1.82, 2.24) is 5.32 Å². The average Bonchev–Trinajstić information content (AvgIpc) is 2.59. The standard InChI is InChI=1S/C22H26FNO3/c1-5-19(26-16-9-7-15(23)8-10-16)21(25)24-18-13-22(3,4)27-20-12-14(2)6-11-17(18)20/h6-12,18-19H,5,13H2,1-4H3,(H,24,25). The molecule has 2 aromatic carbocycles. The zero-order valence-corrected chi connectivity index (χ0v) is 16.2. The molecule has 144 valence electrons. The molecule has 2 atom stereocenters. The third-order valence-electron chi connectivity index (χ3n) is 4.70. The second kappa shape index (κ2) is 7.59. The Hall–Kier alpha value is -2.56. The van der Waals surface area contributed by atoms with Gasteiger partial charge in [-0.25, -0.2) is 4.39 Å². The monoisotopic (exact) mass is 371 g/mol. The Morgan fingerprint density at radius 2 is 2.00 bits per heavy atom. The summed E-state index contributed by atoms with van der Waals surface area (Å²) in [4.78, 5) is 12.9. The molecular weight excluding hydrogens is 345 g/mol. The number of nitrogens with one attached hydrogen (secondary N) is 1. The summed E-state index contributed by atoms with van der Waals surface area (Å²) < 4.78 is 24.9. The highest BCUT2D eigenvalue weighted by molar-refractivity contribution is 5.81. The number of amides is 1. The topological polar surface area (TPSA) is 47.6 Å². The number of hydrogen-bond donors (Lipinski definition) is 1. The zero-order chi connectivity index (χ0) is 19.6. The summed E-state index contributed by atoms with van der Waals surface area (Å²) in [7, 11) is 0. The third kappa shape index (κ3) is 4.59. The van der Waals surface area contributed by atoms with Crippen molar-refractivity contribution in [1.29, 1.82) is 0 Å². The lowest BCUT2D eigenvalue weighted by Gasteiger charge is -2.38. The Bertz CT molecular complexity index is 817.